The lowest BCUT2D eigenvalue weighted by molar-refractivity contribution is 0.102. The monoisotopic (exact) mass is 298 g/mol. The number of aromatic nitrogens is 2. The molecule has 1 aromatic heterocycles. The first-order chi connectivity index (χ1) is 8.08. The summed E-state index contributed by atoms with van der Waals surface area (Å²) in [5.74, 6) is -0.514. The van der Waals surface area contributed by atoms with Gasteiger partial charge >= 0.3 is 0 Å². The zero-order valence-corrected chi connectivity index (χ0v) is 10.1. The van der Waals surface area contributed by atoms with Crippen molar-refractivity contribution >= 4 is 33.3 Å². The molecule has 0 unspecified atom stereocenters. The van der Waals surface area contributed by atoms with Crippen LogP contribution in [0.4, 0.5) is 15.9 Å². The van der Waals surface area contributed by atoms with E-state index in [1.807, 2.05) is 0 Å². The number of hydrogen-bond donors (Lipinski definition) is 3. The van der Waals surface area contributed by atoms with Crippen LogP contribution in [0.3, 0.4) is 0 Å². The number of anilines is 2. The van der Waals surface area contributed by atoms with E-state index in [0.29, 0.717) is 17.1 Å². The molecule has 0 fully saturated rings. The number of nitrogens with zero attached hydrogens (tertiary/aromatic N) is 1. The Morgan fingerprint density at radius 3 is 2.88 bits per heavy atom. The smallest absolute Gasteiger partial charge is 0.256 e. The standard InChI is InChI=1S/C10H8BrFN4O/c11-6-3-5(1-2-7(6)12)10(17)15-9-8(13)4-14-16-9/h1-4H,13H2,(H2,14,15,16,17). The van der Waals surface area contributed by atoms with Crippen molar-refractivity contribution in [2.75, 3.05) is 11.1 Å². The molecule has 5 nitrogen and oxygen atoms in total. The molecule has 4 N–H and O–H groups in total. The molecule has 0 radical (unpaired) electrons. The molecule has 0 saturated heterocycles. The maximum absolute atomic E-state index is 13.0. The highest BCUT2D eigenvalue weighted by Gasteiger charge is 2.11. The fourth-order valence-corrected chi connectivity index (χ4v) is 1.60. The Balaban J connectivity index is 2.20. The fraction of sp³-hybridized carbons (Fsp3) is 0. The minimum Gasteiger partial charge on any atom is -0.394 e. The van der Waals surface area contributed by atoms with Gasteiger partial charge in [-0.25, -0.2) is 4.39 Å². The van der Waals surface area contributed by atoms with Gasteiger partial charge in [-0.3, -0.25) is 9.89 Å². The molecular weight excluding hydrogens is 291 g/mol. The topological polar surface area (TPSA) is 83.8 Å². The molecule has 0 saturated carbocycles. The Kier molecular flexibility index (Phi) is 3.10. The van der Waals surface area contributed by atoms with E-state index in [9.17, 15) is 9.18 Å². The van der Waals surface area contributed by atoms with Crippen LogP contribution in [-0.4, -0.2) is 16.1 Å². The van der Waals surface area contributed by atoms with Crippen molar-refractivity contribution in [2.45, 2.75) is 0 Å². The Morgan fingerprint density at radius 2 is 2.29 bits per heavy atom. The van der Waals surface area contributed by atoms with Crippen LogP contribution in [0, 0.1) is 5.82 Å². The van der Waals surface area contributed by atoms with Gasteiger partial charge < -0.3 is 11.1 Å². The molecule has 0 aliphatic rings. The number of benzene rings is 1. The predicted octanol–water partition coefficient (Wildman–Crippen LogP) is 2.15. The van der Waals surface area contributed by atoms with Crippen LogP contribution in [0.5, 0.6) is 0 Å². The van der Waals surface area contributed by atoms with Gasteiger partial charge in [0.2, 0.25) is 0 Å². The number of amides is 1. The van der Waals surface area contributed by atoms with Gasteiger partial charge in [0.15, 0.2) is 5.82 Å². The van der Waals surface area contributed by atoms with E-state index in [1.54, 1.807) is 0 Å². The van der Waals surface area contributed by atoms with Crippen LogP contribution in [0.1, 0.15) is 10.4 Å². The number of nitrogens with one attached hydrogen (secondary N) is 2. The fourth-order valence-electron chi connectivity index (χ4n) is 1.22. The Hall–Kier alpha value is -1.89. The van der Waals surface area contributed by atoms with Gasteiger partial charge in [0.05, 0.1) is 16.4 Å². The van der Waals surface area contributed by atoms with Crippen molar-refractivity contribution in [3.63, 3.8) is 0 Å². The summed E-state index contributed by atoms with van der Waals surface area (Å²) >= 11 is 3.01. The first-order valence-corrected chi connectivity index (χ1v) is 5.42. The van der Waals surface area contributed by atoms with Crippen LogP contribution < -0.4 is 11.1 Å². The summed E-state index contributed by atoms with van der Waals surface area (Å²) in [6.07, 6.45) is 1.39. The van der Waals surface area contributed by atoms with E-state index in [2.05, 4.69) is 31.4 Å². The molecule has 1 aromatic carbocycles. The summed E-state index contributed by atoms with van der Waals surface area (Å²) in [7, 11) is 0. The van der Waals surface area contributed by atoms with Gasteiger partial charge in [0.1, 0.15) is 5.82 Å². The molecule has 0 bridgehead atoms. The molecular formula is C10H8BrFN4O. The van der Waals surface area contributed by atoms with Crippen LogP contribution in [0.15, 0.2) is 28.9 Å². The molecule has 1 heterocycles. The summed E-state index contributed by atoms with van der Waals surface area (Å²) in [6.45, 7) is 0. The molecule has 88 valence electrons. The second kappa shape index (κ2) is 4.54. The molecule has 2 rings (SSSR count). The molecule has 0 aliphatic heterocycles. The Labute approximate surface area is 104 Å². The van der Waals surface area contributed by atoms with Gasteiger partial charge in [-0.15, -0.1) is 0 Å². The normalized spacial score (nSPS) is 10.2. The third kappa shape index (κ3) is 2.44. The number of halogens is 2. The van der Waals surface area contributed by atoms with Crippen LogP contribution in [-0.2, 0) is 0 Å². The molecule has 1 amide bonds. The van der Waals surface area contributed by atoms with Crippen LogP contribution in [0.25, 0.3) is 0 Å². The summed E-state index contributed by atoms with van der Waals surface area (Å²) in [5, 5.41) is 8.73. The van der Waals surface area contributed by atoms with Crippen molar-refractivity contribution in [3.8, 4) is 0 Å². The zero-order valence-electron chi connectivity index (χ0n) is 8.50. The number of carbonyl (C=O) groups is 1. The number of H-pyrrole nitrogens is 1. The Bertz CT molecular complexity index is 569. The minimum atomic E-state index is -0.428. The highest BCUT2D eigenvalue weighted by molar-refractivity contribution is 9.10. The van der Waals surface area contributed by atoms with Gasteiger partial charge in [-0.1, -0.05) is 0 Å². The number of aromatic amines is 1. The highest BCUT2D eigenvalue weighted by atomic mass is 79.9. The lowest BCUT2D eigenvalue weighted by atomic mass is 10.2. The van der Waals surface area contributed by atoms with Gasteiger partial charge in [-0.2, -0.15) is 5.10 Å². The first-order valence-electron chi connectivity index (χ1n) is 4.63. The number of hydrogen-bond acceptors (Lipinski definition) is 3. The number of carbonyl (C=O) groups excluding carboxylic acids is 1. The molecule has 0 atom stereocenters. The van der Waals surface area contributed by atoms with E-state index in [-0.39, 0.29) is 4.47 Å². The quantitative estimate of drug-likeness (QED) is 0.794. The summed E-state index contributed by atoms with van der Waals surface area (Å²) in [4.78, 5) is 11.8. The molecule has 7 heteroatoms. The maximum Gasteiger partial charge on any atom is 0.256 e. The van der Waals surface area contributed by atoms with E-state index in [0.717, 1.165) is 0 Å². The highest BCUT2D eigenvalue weighted by Crippen LogP contribution is 2.19. The van der Waals surface area contributed by atoms with E-state index >= 15 is 0 Å². The molecule has 2 aromatic rings. The number of nitrogen functional groups attached to an aromatic ring is 1. The van der Waals surface area contributed by atoms with Crippen molar-refractivity contribution in [2.24, 2.45) is 0 Å². The van der Waals surface area contributed by atoms with E-state index in [4.69, 9.17) is 5.73 Å². The van der Waals surface area contributed by atoms with Crippen molar-refractivity contribution < 1.29 is 9.18 Å². The first kappa shape index (κ1) is 11.6. The van der Waals surface area contributed by atoms with E-state index in [1.165, 1.54) is 24.4 Å². The SMILES string of the molecule is Nc1cn[nH]c1NC(=O)c1ccc(F)c(Br)c1. The van der Waals surface area contributed by atoms with Gasteiger partial charge in [0, 0.05) is 5.56 Å². The zero-order chi connectivity index (χ0) is 12.4. The van der Waals surface area contributed by atoms with Gasteiger partial charge in [0.25, 0.3) is 5.91 Å². The lowest BCUT2D eigenvalue weighted by Crippen LogP contribution is -2.13. The molecule has 17 heavy (non-hydrogen) atoms. The second-order valence-electron chi connectivity index (χ2n) is 3.28. The third-order valence-corrected chi connectivity index (χ3v) is 2.70. The van der Waals surface area contributed by atoms with Crippen molar-refractivity contribution in [1.29, 1.82) is 0 Å². The third-order valence-electron chi connectivity index (χ3n) is 2.09. The van der Waals surface area contributed by atoms with Crippen molar-refractivity contribution in [1.82, 2.24) is 10.2 Å². The largest absolute Gasteiger partial charge is 0.394 e. The maximum atomic E-state index is 13.0. The average Bonchev–Trinajstić information content (AvgIpc) is 2.68. The summed E-state index contributed by atoms with van der Waals surface area (Å²) < 4.78 is 13.2. The summed E-state index contributed by atoms with van der Waals surface area (Å²) in [6, 6.07) is 3.97. The minimum absolute atomic E-state index is 0.225. The summed E-state index contributed by atoms with van der Waals surface area (Å²) in [5.41, 5.74) is 6.19. The lowest BCUT2D eigenvalue weighted by Gasteiger charge is -2.04. The van der Waals surface area contributed by atoms with Crippen LogP contribution in [0.2, 0.25) is 0 Å². The van der Waals surface area contributed by atoms with E-state index < -0.39 is 11.7 Å². The number of rotatable bonds is 2. The van der Waals surface area contributed by atoms with Crippen LogP contribution >= 0.6 is 15.9 Å². The Morgan fingerprint density at radius 1 is 1.53 bits per heavy atom. The second-order valence-corrected chi connectivity index (χ2v) is 4.14. The molecule has 0 aliphatic carbocycles. The average molecular weight is 299 g/mol. The molecule has 0 spiro atoms. The predicted molar refractivity (Wildman–Crippen MR) is 65.1 cm³/mol. The number of nitrogens with two attached hydrogens (primary N) is 1. The van der Waals surface area contributed by atoms with Crippen molar-refractivity contribution in [3.05, 3.63) is 40.2 Å². The van der Waals surface area contributed by atoms with Gasteiger partial charge in [-0.05, 0) is 34.1 Å².